The van der Waals surface area contributed by atoms with Gasteiger partial charge in [0.1, 0.15) is 0 Å². The Kier molecular flexibility index (Phi) is 5.35. The van der Waals surface area contributed by atoms with Gasteiger partial charge in [-0.2, -0.15) is 11.8 Å². The lowest BCUT2D eigenvalue weighted by Crippen LogP contribution is -2.39. The van der Waals surface area contributed by atoms with E-state index in [9.17, 15) is 8.42 Å². The largest absolute Gasteiger partial charge is 0.398 e. The van der Waals surface area contributed by atoms with Gasteiger partial charge in [0.2, 0.25) is 10.0 Å². The van der Waals surface area contributed by atoms with Gasteiger partial charge in [0.15, 0.2) is 0 Å². The number of nitrogen functional groups attached to an aromatic ring is 1. The van der Waals surface area contributed by atoms with Crippen LogP contribution in [-0.4, -0.2) is 26.0 Å². The van der Waals surface area contributed by atoms with Crippen molar-refractivity contribution >= 4 is 27.5 Å². The molecule has 1 aliphatic rings. The number of nitrogens with one attached hydrogen (secondary N) is 1. The third-order valence-electron chi connectivity index (χ3n) is 3.71. The molecule has 3 N–H and O–H groups in total. The molecule has 2 rings (SSSR count). The summed E-state index contributed by atoms with van der Waals surface area (Å²) in [6.45, 7) is 0. The van der Waals surface area contributed by atoms with E-state index in [1.807, 2.05) is 23.9 Å². The van der Waals surface area contributed by atoms with Crippen LogP contribution in [-0.2, 0) is 15.8 Å². The Morgan fingerprint density at radius 2 is 2.10 bits per heavy atom. The second kappa shape index (κ2) is 6.83. The zero-order valence-corrected chi connectivity index (χ0v) is 13.3. The van der Waals surface area contributed by atoms with Crippen molar-refractivity contribution in [3.05, 3.63) is 29.8 Å². The summed E-state index contributed by atoms with van der Waals surface area (Å²) in [5, 5.41) is 0.568. The summed E-state index contributed by atoms with van der Waals surface area (Å²) in [5.41, 5.74) is 7.00. The van der Waals surface area contributed by atoms with Crippen molar-refractivity contribution in [2.45, 2.75) is 42.7 Å². The first kappa shape index (κ1) is 15.7. The van der Waals surface area contributed by atoms with Crippen molar-refractivity contribution in [3.8, 4) is 0 Å². The van der Waals surface area contributed by atoms with Crippen LogP contribution in [0.3, 0.4) is 0 Å². The minimum atomic E-state index is -3.33. The van der Waals surface area contributed by atoms with E-state index in [0.717, 1.165) is 19.3 Å². The fourth-order valence-corrected chi connectivity index (χ4v) is 4.94. The standard InChI is InChI=1S/C14H22N2O2S2/c1-19-13-7-4-6-12(9-13)16-20(17,18)10-11-5-2-3-8-14(11)15/h2-3,5,8,12-13,16H,4,6-7,9-10,15H2,1H3. The van der Waals surface area contributed by atoms with Gasteiger partial charge in [-0.05, 0) is 37.1 Å². The number of thioether (sulfide) groups is 1. The number of hydrogen-bond acceptors (Lipinski definition) is 4. The van der Waals surface area contributed by atoms with Gasteiger partial charge in [-0.25, -0.2) is 13.1 Å². The maximum atomic E-state index is 12.2. The summed E-state index contributed by atoms with van der Waals surface area (Å²) in [6, 6.07) is 7.18. The maximum Gasteiger partial charge on any atom is 0.216 e. The van der Waals surface area contributed by atoms with Crippen LogP contribution in [0.4, 0.5) is 5.69 Å². The molecule has 0 heterocycles. The molecule has 2 unspecified atom stereocenters. The van der Waals surface area contributed by atoms with Crippen molar-refractivity contribution in [1.29, 1.82) is 0 Å². The fourth-order valence-electron chi connectivity index (χ4n) is 2.63. The Morgan fingerprint density at radius 1 is 1.35 bits per heavy atom. The van der Waals surface area contributed by atoms with Gasteiger partial charge in [0, 0.05) is 17.0 Å². The first-order valence-corrected chi connectivity index (χ1v) is 9.80. The minimum absolute atomic E-state index is 0.0416. The fraction of sp³-hybridized carbons (Fsp3) is 0.571. The topological polar surface area (TPSA) is 72.2 Å². The molecule has 0 aliphatic heterocycles. The molecule has 4 nitrogen and oxygen atoms in total. The van der Waals surface area contributed by atoms with E-state index in [1.54, 1.807) is 12.1 Å². The van der Waals surface area contributed by atoms with E-state index in [4.69, 9.17) is 5.73 Å². The third-order valence-corrected chi connectivity index (χ3v) is 6.18. The SMILES string of the molecule is CSC1CCCC(NS(=O)(=O)Cc2ccccc2N)C1. The Labute approximate surface area is 125 Å². The molecule has 20 heavy (non-hydrogen) atoms. The van der Waals surface area contributed by atoms with Crippen LogP contribution < -0.4 is 10.5 Å². The summed E-state index contributed by atoms with van der Waals surface area (Å²) in [5.74, 6) is -0.0416. The van der Waals surface area contributed by atoms with E-state index >= 15 is 0 Å². The summed E-state index contributed by atoms with van der Waals surface area (Å²) < 4.78 is 27.3. The Balaban J connectivity index is 1.99. The number of benzene rings is 1. The quantitative estimate of drug-likeness (QED) is 0.818. The van der Waals surface area contributed by atoms with Gasteiger partial charge >= 0.3 is 0 Å². The van der Waals surface area contributed by atoms with Crippen molar-refractivity contribution < 1.29 is 8.42 Å². The molecule has 0 aromatic heterocycles. The molecular weight excluding hydrogens is 292 g/mol. The van der Waals surface area contributed by atoms with E-state index in [-0.39, 0.29) is 11.8 Å². The number of hydrogen-bond donors (Lipinski definition) is 2. The van der Waals surface area contributed by atoms with Crippen LogP contribution >= 0.6 is 11.8 Å². The lowest BCUT2D eigenvalue weighted by atomic mass is 9.96. The number of nitrogens with two attached hydrogens (primary N) is 1. The lowest BCUT2D eigenvalue weighted by molar-refractivity contribution is 0.420. The van der Waals surface area contributed by atoms with Crippen molar-refractivity contribution in [2.24, 2.45) is 0 Å². The van der Waals surface area contributed by atoms with Crippen LogP contribution in [0.25, 0.3) is 0 Å². The van der Waals surface area contributed by atoms with Gasteiger partial charge in [-0.1, -0.05) is 24.6 Å². The van der Waals surface area contributed by atoms with Crippen molar-refractivity contribution in [2.75, 3.05) is 12.0 Å². The summed E-state index contributed by atoms with van der Waals surface area (Å²) >= 11 is 1.83. The first-order chi connectivity index (χ1) is 9.50. The Bertz CT molecular complexity index is 546. The third kappa shape index (κ3) is 4.40. The van der Waals surface area contributed by atoms with Gasteiger partial charge in [-0.3, -0.25) is 0 Å². The van der Waals surface area contributed by atoms with Crippen molar-refractivity contribution in [3.63, 3.8) is 0 Å². The predicted octanol–water partition coefficient (Wildman–Crippen LogP) is 2.36. The number of sulfonamides is 1. The molecule has 0 spiro atoms. The zero-order valence-electron chi connectivity index (χ0n) is 11.7. The maximum absolute atomic E-state index is 12.2. The normalized spacial score (nSPS) is 23.6. The second-order valence-electron chi connectivity index (χ2n) is 5.30. The molecule has 0 saturated heterocycles. The average molecular weight is 314 g/mol. The van der Waals surface area contributed by atoms with Gasteiger partial charge < -0.3 is 5.73 Å². The second-order valence-corrected chi connectivity index (χ2v) is 8.19. The summed E-state index contributed by atoms with van der Waals surface area (Å²) in [6.07, 6.45) is 6.22. The highest BCUT2D eigenvalue weighted by Crippen LogP contribution is 2.27. The Morgan fingerprint density at radius 3 is 2.80 bits per heavy atom. The first-order valence-electron chi connectivity index (χ1n) is 6.86. The summed E-state index contributed by atoms with van der Waals surface area (Å²) in [4.78, 5) is 0. The minimum Gasteiger partial charge on any atom is -0.398 e. The molecule has 112 valence electrons. The highest BCUT2D eigenvalue weighted by atomic mass is 32.2. The van der Waals surface area contributed by atoms with Crippen LogP contribution in [0, 0.1) is 0 Å². The highest BCUT2D eigenvalue weighted by molar-refractivity contribution is 7.99. The van der Waals surface area contributed by atoms with Crippen LogP contribution in [0.1, 0.15) is 31.2 Å². The molecule has 2 atom stereocenters. The number of rotatable bonds is 5. The lowest BCUT2D eigenvalue weighted by Gasteiger charge is -2.28. The molecular formula is C14H22N2O2S2. The molecule has 0 amide bonds. The molecule has 0 bridgehead atoms. The van der Waals surface area contributed by atoms with Crippen LogP contribution in [0.2, 0.25) is 0 Å². The molecule has 1 saturated carbocycles. The van der Waals surface area contributed by atoms with Gasteiger partial charge in [0.05, 0.1) is 5.75 Å². The van der Waals surface area contributed by atoms with Crippen LogP contribution in [0.5, 0.6) is 0 Å². The average Bonchev–Trinajstić information content (AvgIpc) is 2.41. The molecule has 6 heteroatoms. The van der Waals surface area contributed by atoms with Gasteiger partial charge in [0.25, 0.3) is 0 Å². The Hall–Kier alpha value is -0.720. The molecule has 1 fully saturated rings. The van der Waals surface area contributed by atoms with Crippen molar-refractivity contribution in [1.82, 2.24) is 4.72 Å². The van der Waals surface area contributed by atoms with Gasteiger partial charge in [-0.15, -0.1) is 0 Å². The van der Waals surface area contributed by atoms with E-state index < -0.39 is 10.0 Å². The predicted molar refractivity (Wildman–Crippen MR) is 86.2 cm³/mol. The zero-order chi connectivity index (χ0) is 14.6. The highest BCUT2D eigenvalue weighted by Gasteiger charge is 2.25. The van der Waals surface area contributed by atoms with E-state index in [1.165, 1.54) is 6.42 Å². The van der Waals surface area contributed by atoms with E-state index in [2.05, 4.69) is 11.0 Å². The molecule has 1 aliphatic carbocycles. The number of anilines is 1. The monoisotopic (exact) mass is 314 g/mol. The smallest absolute Gasteiger partial charge is 0.216 e. The summed E-state index contributed by atoms with van der Waals surface area (Å²) in [7, 11) is -3.33. The van der Waals surface area contributed by atoms with Crippen LogP contribution in [0.15, 0.2) is 24.3 Å². The molecule has 1 aromatic carbocycles. The molecule has 1 aromatic rings. The number of para-hydroxylation sites is 1. The molecule has 0 radical (unpaired) electrons. The van der Waals surface area contributed by atoms with E-state index in [0.29, 0.717) is 16.5 Å².